The maximum Gasteiger partial charge on any atom is 0.0601 e. The van der Waals surface area contributed by atoms with Crippen LogP contribution in [0.1, 0.15) is 19.3 Å². The van der Waals surface area contributed by atoms with Gasteiger partial charge in [0.1, 0.15) is 0 Å². The summed E-state index contributed by atoms with van der Waals surface area (Å²) in [5.74, 6) is 0. The van der Waals surface area contributed by atoms with Crippen LogP contribution >= 0.6 is 0 Å². The standard InChI is InChI=1S/C10H20N2O/c1-12-4-3-8(7-12)11-9-5-10(6-9)13-2/h8-11H,3-7H2,1-2H3/t8-,9?,10?/m1/s1. The fourth-order valence-corrected chi connectivity index (χ4v) is 2.30. The lowest BCUT2D eigenvalue weighted by atomic mass is 9.88. The Morgan fingerprint density at radius 1 is 1.31 bits per heavy atom. The zero-order valence-corrected chi connectivity index (χ0v) is 8.62. The van der Waals surface area contributed by atoms with E-state index in [9.17, 15) is 0 Å². The summed E-state index contributed by atoms with van der Waals surface area (Å²) in [5, 5.41) is 3.69. The first-order valence-electron chi connectivity index (χ1n) is 5.25. The molecule has 76 valence electrons. The van der Waals surface area contributed by atoms with Crippen LogP contribution < -0.4 is 5.32 Å². The molecule has 1 saturated carbocycles. The van der Waals surface area contributed by atoms with Crippen LogP contribution in [0.15, 0.2) is 0 Å². The topological polar surface area (TPSA) is 24.5 Å². The van der Waals surface area contributed by atoms with E-state index in [0.717, 1.165) is 12.1 Å². The highest BCUT2D eigenvalue weighted by Gasteiger charge is 2.31. The molecule has 3 heteroatoms. The van der Waals surface area contributed by atoms with Crippen molar-refractivity contribution >= 4 is 0 Å². The Hall–Kier alpha value is -0.120. The lowest BCUT2D eigenvalue weighted by Gasteiger charge is -2.36. The summed E-state index contributed by atoms with van der Waals surface area (Å²) in [6, 6.07) is 1.45. The van der Waals surface area contributed by atoms with E-state index >= 15 is 0 Å². The Bertz CT molecular complexity index is 168. The molecule has 0 aromatic heterocycles. The molecule has 2 rings (SSSR count). The van der Waals surface area contributed by atoms with Gasteiger partial charge in [-0.1, -0.05) is 0 Å². The number of nitrogens with zero attached hydrogens (tertiary/aromatic N) is 1. The molecule has 0 amide bonds. The van der Waals surface area contributed by atoms with Crippen LogP contribution in [-0.2, 0) is 4.74 Å². The van der Waals surface area contributed by atoms with Gasteiger partial charge in [0, 0.05) is 25.7 Å². The molecule has 1 heterocycles. The fraction of sp³-hybridized carbons (Fsp3) is 1.00. The molecular formula is C10H20N2O. The highest BCUT2D eigenvalue weighted by molar-refractivity contribution is 4.90. The van der Waals surface area contributed by atoms with Crippen LogP contribution in [0.2, 0.25) is 0 Å². The molecule has 0 spiro atoms. The van der Waals surface area contributed by atoms with Gasteiger partial charge in [-0.05, 0) is 32.9 Å². The van der Waals surface area contributed by atoms with Crippen molar-refractivity contribution in [2.45, 2.75) is 37.5 Å². The second-order valence-electron chi connectivity index (χ2n) is 4.44. The van der Waals surface area contributed by atoms with Gasteiger partial charge >= 0.3 is 0 Å². The largest absolute Gasteiger partial charge is 0.381 e. The van der Waals surface area contributed by atoms with Gasteiger partial charge < -0.3 is 15.0 Å². The van der Waals surface area contributed by atoms with Crippen molar-refractivity contribution in [3.05, 3.63) is 0 Å². The van der Waals surface area contributed by atoms with E-state index in [0.29, 0.717) is 6.10 Å². The minimum Gasteiger partial charge on any atom is -0.381 e. The summed E-state index contributed by atoms with van der Waals surface area (Å²) in [6.07, 6.45) is 4.24. The summed E-state index contributed by atoms with van der Waals surface area (Å²) in [4.78, 5) is 2.39. The van der Waals surface area contributed by atoms with Crippen molar-refractivity contribution in [3.8, 4) is 0 Å². The number of hydrogen-bond acceptors (Lipinski definition) is 3. The first-order chi connectivity index (χ1) is 6.28. The Balaban J connectivity index is 1.64. The number of ether oxygens (including phenoxy) is 1. The zero-order valence-electron chi connectivity index (χ0n) is 8.62. The molecule has 1 saturated heterocycles. The van der Waals surface area contributed by atoms with Gasteiger partial charge in [-0.15, -0.1) is 0 Å². The lowest BCUT2D eigenvalue weighted by molar-refractivity contribution is 0.0146. The summed E-state index contributed by atoms with van der Waals surface area (Å²) in [7, 11) is 4.00. The Kier molecular flexibility index (Phi) is 2.86. The predicted molar refractivity (Wildman–Crippen MR) is 52.9 cm³/mol. The Labute approximate surface area is 80.4 Å². The molecule has 0 bridgehead atoms. The van der Waals surface area contributed by atoms with E-state index in [2.05, 4.69) is 17.3 Å². The van der Waals surface area contributed by atoms with Crippen molar-refractivity contribution in [1.29, 1.82) is 0 Å². The second kappa shape index (κ2) is 3.95. The molecule has 0 aromatic rings. The van der Waals surface area contributed by atoms with Crippen molar-refractivity contribution in [2.75, 3.05) is 27.2 Å². The Morgan fingerprint density at radius 3 is 2.62 bits per heavy atom. The summed E-state index contributed by atoms with van der Waals surface area (Å²) >= 11 is 0. The molecule has 2 fully saturated rings. The van der Waals surface area contributed by atoms with E-state index in [1.165, 1.54) is 32.4 Å². The van der Waals surface area contributed by atoms with Gasteiger partial charge in [-0.3, -0.25) is 0 Å². The van der Waals surface area contributed by atoms with E-state index in [-0.39, 0.29) is 0 Å². The predicted octanol–water partition coefficient (Wildman–Crippen LogP) is 0.457. The number of rotatable bonds is 3. The van der Waals surface area contributed by atoms with Gasteiger partial charge in [0.05, 0.1) is 6.10 Å². The second-order valence-corrected chi connectivity index (χ2v) is 4.44. The van der Waals surface area contributed by atoms with Gasteiger partial charge in [-0.25, -0.2) is 0 Å². The van der Waals surface area contributed by atoms with E-state index < -0.39 is 0 Å². The lowest BCUT2D eigenvalue weighted by Crippen LogP contribution is -2.49. The molecule has 0 aromatic carbocycles. The maximum absolute atomic E-state index is 5.25. The number of likely N-dealkylation sites (tertiary alicyclic amines) is 1. The van der Waals surface area contributed by atoms with Crippen molar-refractivity contribution < 1.29 is 4.74 Å². The maximum atomic E-state index is 5.25. The Morgan fingerprint density at radius 2 is 2.08 bits per heavy atom. The molecule has 1 aliphatic carbocycles. The molecule has 0 radical (unpaired) electrons. The molecule has 1 atom stereocenters. The molecule has 0 unspecified atom stereocenters. The van der Waals surface area contributed by atoms with Crippen molar-refractivity contribution in [3.63, 3.8) is 0 Å². The number of nitrogens with one attached hydrogen (secondary N) is 1. The number of likely N-dealkylation sites (N-methyl/N-ethyl adjacent to an activating group) is 1. The van der Waals surface area contributed by atoms with Crippen LogP contribution in [-0.4, -0.2) is 50.3 Å². The summed E-state index contributed by atoms with van der Waals surface area (Å²) in [5.41, 5.74) is 0. The first-order valence-corrected chi connectivity index (χ1v) is 5.25. The number of hydrogen-bond donors (Lipinski definition) is 1. The van der Waals surface area contributed by atoms with Crippen LogP contribution in [0.5, 0.6) is 0 Å². The molecule has 2 aliphatic rings. The smallest absolute Gasteiger partial charge is 0.0601 e. The highest BCUT2D eigenvalue weighted by Crippen LogP contribution is 2.23. The average molecular weight is 184 g/mol. The molecular weight excluding hydrogens is 164 g/mol. The van der Waals surface area contributed by atoms with E-state index in [1.54, 1.807) is 0 Å². The van der Waals surface area contributed by atoms with Crippen molar-refractivity contribution in [2.24, 2.45) is 0 Å². The van der Waals surface area contributed by atoms with Crippen LogP contribution in [0.25, 0.3) is 0 Å². The third-order valence-electron chi connectivity index (χ3n) is 3.29. The summed E-state index contributed by atoms with van der Waals surface area (Å²) < 4.78 is 5.25. The van der Waals surface area contributed by atoms with Gasteiger partial charge in [0.25, 0.3) is 0 Å². The molecule has 1 aliphatic heterocycles. The normalized spacial score (nSPS) is 40.6. The monoisotopic (exact) mass is 184 g/mol. The van der Waals surface area contributed by atoms with Gasteiger partial charge in [0.2, 0.25) is 0 Å². The third kappa shape index (κ3) is 2.22. The van der Waals surface area contributed by atoms with Gasteiger partial charge in [0.15, 0.2) is 0 Å². The molecule has 3 nitrogen and oxygen atoms in total. The van der Waals surface area contributed by atoms with Crippen molar-refractivity contribution in [1.82, 2.24) is 10.2 Å². The highest BCUT2D eigenvalue weighted by atomic mass is 16.5. The zero-order chi connectivity index (χ0) is 9.26. The third-order valence-corrected chi connectivity index (χ3v) is 3.29. The number of methoxy groups -OCH3 is 1. The SMILES string of the molecule is COC1CC(N[C@@H]2CCN(C)C2)C1. The first kappa shape index (κ1) is 9.44. The molecule has 13 heavy (non-hydrogen) atoms. The minimum absolute atomic E-state index is 0.525. The summed E-state index contributed by atoms with van der Waals surface area (Å²) in [6.45, 7) is 2.46. The van der Waals surface area contributed by atoms with Gasteiger partial charge in [-0.2, -0.15) is 0 Å². The minimum atomic E-state index is 0.525. The van der Waals surface area contributed by atoms with E-state index in [4.69, 9.17) is 4.74 Å². The molecule has 1 N–H and O–H groups in total. The van der Waals surface area contributed by atoms with E-state index in [1.807, 2.05) is 7.11 Å². The van der Waals surface area contributed by atoms with Crippen LogP contribution in [0.3, 0.4) is 0 Å². The average Bonchev–Trinajstić information content (AvgIpc) is 2.43. The quantitative estimate of drug-likeness (QED) is 0.689. The van der Waals surface area contributed by atoms with Crippen LogP contribution in [0.4, 0.5) is 0 Å². The fourth-order valence-electron chi connectivity index (χ4n) is 2.30. The van der Waals surface area contributed by atoms with Crippen LogP contribution in [0, 0.1) is 0 Å².